The first-order valence-electron chi connectivity index (χ1n) is 5.76. The van der Waals surface area contributed by atoms with Gasteiger partial charge in [0.1, 0.15) is 0 Å². The Morgan fingerprint density at radius 2 is 1.85 bits per heavy atom. The molecule has 0 aliphatic rings. The molecule has 102 valence electrons. The summed E-state index contributed by atoms with van der Waals surface area (Å²) in [5.41, 5.74) is 1.30. The Morgan fingerprint density at radius 1 is 1.15 bits per heavy atom. The zero-order chi connectivity index (χ0) is 14.5. The van der Waals surface area contributed by atoms with Gasteiger partial charge < -0.3 is 4.74 Å². The minimum absolute atomic E-state index is 0.0982. The number of thiophene rings is 1. The van der Waals surface area contributed by atoms with Crippen LogP contribution >= 0.6 is 22.9 Å². The summed E-state index contributed by atoms with van der Waals surface area (Å²) in [6, 6.07) is 10.2. The van der Waals surface area contributed by atoms with Gasteiger partial charge in [0.15, 0.2) is 5.78 Å². The third-order valence-electron chi connectivity index (χ3n) is 2.57. The van der Waals surface area contributed by atoms with Crippen molar-refractivity contribution in [1.29, 1.82) is 0 Å². The largest absolute Gasteiger partial charge is 0.465 e. The normalized spacial score (nSPS) is 10.7. The van der Waals surface area contributed by atoms with Gasteiger partial charge >= 0.3 is 5.97 Å². The van der Waals surface area contributed by atoms with Crippen molar-refractivity contribution < 1.29 is 14.3 Å². The zero-order valence-corrected chi connectivity index (χ0v) is 12.2. The van der Waals surface area contributed by atoms with E-state index in [4.69, 9.17) is 11.6 Å². The van der Waals surface area contributed by atoms with E-state index in [2.05, 4.69) is 4.74 Å². The summed E-state index contributed by atoms with van der Waals surface area (Å²) in [5.74, 6) is -0.483. The molecule has 0 radical (unpaired) electrons. The minimum Gasteiger partial charge on any atom is -0.465 e. The molecule has 0 N–H and O–H groups in total. The van der Waals surface area contributed by atoms with Gasteiger partial charge in [-0.1, -0.05) is 29.8 Å². The fourth-order valence-corrected chi connectivity index (χ4v) is 2.51. The van der Waals surface area contributed by atoms with E-state index < -0.39 is 0 Å². The second kappa shape index (κ2) is 6.50. The van der Waals surface area contributed by atoms with E-state index in [0.29, 0.717) is 14.8 Å². The summed E-state index contributed by atoms with van der Waals surface area (Å²) >= 11 is 7.02. The molecule has 1 aromatic heterocycles. The Morgan fingerprint density at radius 3 is 2.40 bits per heavy atom. The lowest BCUT2D eigenvalue weighted by Crippen LogP contribution is -2.00. The molecule has 3 nitrogen and oxygen atoms in total. The number of allylic oxidation sites excluding steroid dienone is 1. The van der Waals surface area contributed by atoms with Crippen molar-refractivity contribution in [2.45, 2.75) is 0 Å². The second-order valence-corrected chi connectivity index (χ2v) is 5.63. The molecule has 5 heteroatoms. The molecule has 0 atom stereocenters. The highest BCUT2D eigenvalue weighted by Gasteiger charge is 2.06. The van der Waals surface area contributed by atoms with Crippen LogP contribution in [0.4, 0.5) is 0 Å². The highest BCUT2D eigenvalue weighted by atomic mass is 35.5. The number of hydrogen-bond donors (Lipinski definition) is 0. The van der Waals surface area contributed by atoms with Crippen LogP contribution in [0.15, 0.2) is 42.5 Å². The van der Waals surface area contributed by atoms with Crippen LogP contribution in [0.25, 0.3) is 6.08 Å². The number of rotatable bonds is 4. The number of esters is 1. The maximum absolute atomic E-state index is 11.8. The predicted octanol–water partition coefficient (Wildman–Crippen LogP) is 4.08. The van der Waals surface area contributed by atoms with E-state index in [9.17, 15) is 9.59 Å². The van der Waals surface area contributed by atoms with Gasteiger partial charge in [0.25, 0.3) is 0 Å². The molecule has 0 unspecified atom stereocenters. The molecule has 0 fully saturated rings. The monoisotopic (exact) mass is 306 g/mol. The number of methoxy groups -OCH3 is 1. The standard InChI is InChI=1S/C15H11ClO3S/c1-19-15(18)11-5-2-10(3-6-11)4-7-12(17)13-8-9-14(16)20-13/h2-9H,1H3. The first-order valence-corrected chi connectivity index (χ1v) is 6.96. The molecule has 0 aliphatic carbocycles. The topological polar surface area (TPSA) is 43.4 Å². The highest BCUT2D eigenvalue weighted by Crippen LogP contribution is 2.22. The fraction of sp³-hybridized carbons (Fsp3) is 0.0667. The van der Waals surface area contributed by atoms with E-state index in [1.165, 1.54) is 24.5 Å². The van der Waals surface area contributed by atoms with Crippen molar-refractivity contribution in [2.75, 3.05) is 7.11 Å². The smallest absolute Gasteiger partial charge is 0.337 e. The lowest BCUT2D eigenvalue weighted by Gasteiger charge is -1.99. The van der Waals surface area contributed by atoms with E-state index in [0.717, 1.165) is 5.56 Å². The average Bonchev–Trinajstić information content (AvgIpc) is 2.91. The minimum atomic E-state index is -0.384. The van der Waals surface area contributed by atoms with E-state index in [1.54, 1.807) is 42.5 Å². The molecule has 0 bridgehead atoms. The third kappa shape index (κ3) is 3.56. The summed E-state index contributed by atoms with van der Waals surface area (Å²) in [4.78, 5) is 23.7. The van der Waals surface area contributed by atoms with Crippen LogP contribution in [0.5, 0.6) is 0 Å². The molecule has 0 aliphatic heterocycles. The number of benzene rings is 1. The molecule has 0 saturated heterocycles. The van der Waals surface area contributed by atoms with E-state index >= 15 is 0 Å². The van der Waals surface area contributed by atoms with Crippen LogP contribution in [0.1, 0.15) is 25.6 Å². The maximum Gasteiger partial charge on any atom is 0.337 e. The van der Waals surface area contributed by atoms with Gasteiger partial charge in [0, 0.05) is 0 Å². The Hall–Kier alpha value is -1.91. The van der Waals surface area contributed by atoms with Crippen LogP contribution in [-0.2, 0) is 4.74 Å². The molecule has 1 aromatic carbocycles. The van der Waals surface area contributed by atoms with Gasteiger partial charge in [0.05, 0.1) is 21.9 Å². The van der Waals surface area contributed by atoms with Crippen LogP contribution in [0, 0.1) is 0 Å². The Balaban J connectivity index is 2.08. The first-order chi connectivity index (χ1) is 9.60. The Labute approximate surface area is 125 Å². The first kappa shape index (κ1) is 14.5. The van der Waals surface area contributed by atoms with Crippen LogP contribution < -0.4 is 0 Å². The summed E-state index contributed by atoms with van der Waals surface area (Å²) < 4.78 is 5.20. The summed E-state index contributed by atoms with van der Waals surface area (Å²) in [6.07, 6.45) is 3.17. The molecule has 0 amide bonds. The van der Waals surface area contributed by atoms with Gasteiger partial charge in [-0.2, -0.15) is 0 Å². The van der Waals surface area contributed by atoms with E-state index in [-0.39, 0.29) is 11.8 Å². The average molecular weight is 307 g/mol. The van der Waals surface area contributed by atoms with Crippen molar-refractivity contribution in [1.82, 2.24) is 0 Å². The molecule has 1 heterocycles. The zero-order valence-electron chi connectivity index (χ0n) is 10.6. The molecule has 0 spiro atoms. The molecule has 20 heavy (non-hydrogen) atoms. The van der Waals surface area contributed by atoms with Crippen LogP contribution in [0.3, 0.4) is 0 Å². The van der Waals surface area contributed by atoms with Gasteiger partial charge in [-0.15, -0.1) is 11.3 Å². The third-order valence-corrected chi connectivity index (χ3v) is 3.82. The molecular weight excluding hydrogens is 296 g/mol. The van der Waals surface area contributed by atoms with Crippen molar-refractivity contribution in [2.24, 2.45) is 0 Å². The van der Waals surface area contributed by atoms with E-state index in [1.807, 2.05) is 0 Å². The highest BCUT2D eigenvalue weighted by molar-refractivity contribution is 7.18. The summed E-state index contributed by atoms with van der Waals surface area (Å²) in [5, 5.41) is 0. The van der Waals surface area contributed by atoms with Crippen molar-refractivity contribution in [3.05, 3.63) is 62.8 Å². The molecule has 2 rings (SSSR count). The number of carbonyl (C=O) groups is 2. The van der Waals surface area contributed by atoms with Gasteiger partial charge in [-0.05, 0) is 35.9 Å². The number of carbonyl (C=O) groups excluding carboxylic acids is 2. The van der Waals surface area contributed by atoms with Gasteiger partial charge in [-0.3, -0.25) is 4.79 Å². The van der Waals surface area contributed by atoms with Gasteiger partial charge in [-0.25, -0.2) is 4.79 Å². The number of halogens is 1. The Kier molecular flexibility index (Phi) is 4.71. The van der Waals surface area contributed by atoms with Crippen molar-refractivity contribution in [3.63, 3.8) is 0 Å². The quantitative estimate of drug-likeness (QED) is 0.485. The lowest BCUT2D eigenvalue weighted by atomic mass is 10.1. The van der Waals surface area contributed by atoms with Crippen molar-refractivity contribution in [3.8, 4) is 0 Å². The molecular formula is C15H11ClO3S. The number of ketones is 1. The predicted molar refractivity (Wildman–Crippen MR) is 80.5 cm³/mol. The summed E-state index contributed by atoms with van der Waals surface area (Å²) in [7, 11) is 1.33. The van der Waals surface area contributed by atoms with Gasteiger partial charge in [0.2, 0.25) is 0 Å². The summed E-state index contributed by atoms with van der Waals surface area (Å²) in [6.45, 7) is 0. The SMILES string of the molecule is COC(=O)c1ccc(C=CC(=O)c2ccc(Cl)s2)cc1. The Bertz CT molecular complexity index is 656. The van der Waals surface area contributed by atoms with Crippen molar-refractivity contribution >= 4 is 40.8 Å². The van der Waals surface area contributed by atoms with Crippen LogP contribution in [-0.4, -0.2) is 18.9 Å². The second-order valence-electron chi connectivity index (χ2n) is 3.91. The number of ether oxygens (including phenoxy) is 1. The maximum atomic E-state index is 11.8. The fourth-order valence-electron chi connectivity index (χ4n) is 1.55. The number of hydrogen-bond acceptors (Lipinski definition) is 4. The molecule has 2 aromatic rings. The van der Waals surface area contributed by atoms with Crippen LogP contribution in [0.2, 0.25) is 4.34 Å². The lowest BCUT2D eigenvalue weighted by molar-refractivity contribution is 0.0600. The molecule has 0 saturated carbocycles.